The second-order valence-electron chi connectivity index (χ2n) is 6.22. The van der Waals surface area contributed by atoms with E-state index in [2.05, 4.69) is 13.8 Å². The summed E-state index contributed by atoms with van der Waals surface area (Å²) >= 11 is 0. The van der Waals surface area contributed by atoms with Gasteiger partial charge in [-0.2, -0.15) is 0 Å². The van der Waals surface area contributed by atoms with Crippen LogP contribution >= 0.6 is 0 Å². The molecule has 2 aliphatic rings. The van der Waals surface area contributed by atoms with Crippen molar-refractivity contribution in [2.75, 3.05) is 26.4 Å². The Balaban J connectivity index is 1.99. The van der Waals surface area contributed by atoms with E-state index in [1.165, 1.54) is 0 Å². The molecule has 0 bridgehead atoms. The summed E-state index contributed by atoms with van der Waals surface area (Å²) in [6.45, 7) is 7.03. The second-order valence-corrected chi connectivity index (χ2v) is 6.22. The van der Waals surface area contributed by atoms with Gasteiger partial charge in [-0.25, -0.2) is 0 Å². The van der Waals surface area contributed by atoms with Crippen LogP contribution in [-0.4, -0.2) is 43.2 Å². The lowest BCUT2D eigenvalue weighted by Crippen LogP contribution is -2.47. The van der Waals surface area contributed by atoms with Crippen LogP contribution in [0.15, 0.2) is 0 Å². The second kappa shape index (κ2) is 5.87. The molecule has 2 fully saturated rings. The van der Waals surface area contributed by atoms with Crippen LogP contribution in [-0.2, 0) is 9.47 Å². The molecule has 2 rings (SSSR count). The maximum Gasteiger partial charge on any atom is 0.0940 e. The van der Waals surface area contributed by atoms with Crippen LogP contribution in [0.5, 0.6) is 0 Å². The number of hydrogen-bond donors (Lipinski definition) is 2. The Morgan fingerprint density at radius 1 is 1.39 bits per heavy atom. The van der Waals surface area contributed by atoms with E-state index < -0.39 is 0 Å². The summed E-state index contributed by atoms with van der Waals surface area (Å²) in [5.41, 5.74) is 5.69. The molecule has 1 spiro atoms. The van der Waals surface area contributed by atoms with Crippen molar-refractivity contribution in [3.63, 3.8) is 0 Å². The van der Waals surface area contributed by atoms with E-state index in [0.29, 0.717) is 25.0 Å². The van der Waals surface area contributed by atoms with Gasteiger partial charge < -0.3 is 20.3 Å². The number of rotatable bonds is 4. The predicted molar refractivity (Wildman–Crippen MR) is 70.2 cm³/mol. The zero-order valence-corrected chi connectivity index (χ0v) is 11.6. The molecule has 0 aliphatic carbocycles. The van der Waals surface area contributed by atoms with Gasteiger partial charge in [-0.15, -0.1) is 0 Å². The lowest BCUT2D eigenvalue weighted by molar-refractivity contribution is -0.125. The van der Waals surface area contributed by atoms with E-state index in [1.807, 2.05) is 0 Å². The average molecular weight is 257 g/mol. The molecule has 2 saturated heterocycles. The maximum absolute atomic E-state index is 10.6. The molecule has 0 saturated carbocycles. The third kappa shape index (κ3) is 2.87. The van der Waals surface area contributed by atoms with Gasteiger partial charge >= 0.3 is 0 Å². The molecule has 3 N–H and O–H groups in total. The first kappa shape index (κ1) is 14.3. The summed E-state index contributed by atoms with van der Waals surface area (Å²) < 4.78 is 11.4. The summed E-state index contributed by atoms with van der Waals surface area (Å²) in [5.74, 6) is 0.910. The molecule has 106 valence electrons. The molecule has 18 heavy (non-hydrogen) atoms. The Morgan fingerprint density at radius 3 is 2.72 bits per heavy atom. The minimum atomic E-state index is -0.309. The highest BCUT2D eigenvalue weighted by atomic mass is 16.6. The van der Waals surface area contributed by atoms with Gasteiger partial charge in [0.05, 0.1) is 18.3 Å². The van der Waals surface area contributed by atoms with Gasteiger partial charge in [-0.3, -0.25) is 0 Å². The molecule has 0 radical (unpaired) electrons. The van der Waals surface area contributed by atoms with Crippen molar-refractivity contribution >= 4 is 0 Å². The first-order valence-corrected chi connectivity index (χ1v) is 7.18. The molecule has 2 heterocycles. The Labute approximate surface area is 110 Å². The summed E-state index contributed by atoms with van der Waals surface area (Å²) in [6.07, 6.45) is 2.51. The van der Waals surface area contributed by atoms with Crippen LogP contribution in [0.3, 0.4) is 0 Å². The third-order valence-electron chi connectivity index (χ3n) is 4.65. The molecular formula is C14H27NO3. The van der Waals surface area contributed by atoms with Gasteiger partial charge in [-0.1, -0.05) is 13.8 Å². The quantitative estimate of drug-likeness (QED) is 0.793. The largest absolute Gasteiger partial charge is 0.392 e. The molecule has 4 nitrogen and oxygen atoms in total. The number of aliphatic hydroxyl groups excluding tert-OH is 1. The van der Waals surface area contributed by atoms with E-state index >= 15 is 0 Å². The van der Waals surface area contributed by atoms with Crippen LogP contribution < -0.4 is 5.73 Å². The van der Waals surface area contributed by atoms with E-state index in [1.54, 1.807) is 0 Å². The SMILES string of the molecule is CC(C)C(CN)C(O)C1CCOC2(CCOC2)C1. The zero-order valence-electron chi connectivity index (χ0n) is 11.6. The van der Waals surface area contributed by atoms with Crippen molar-refractivity contribution in [1.29, 1.82) is 0 Å². The summed E-state index contributed by atoms with van der Waals surface area (Å²) in [7, 11) is 0. The monoisotopic (exact) mass is 257 g/mol. The number of hydrogen-bond acceptors (Lipinski definition) is 4. The van der Waals surface area contributed by atoms with Crippen LogP contribution in [0.25, 0.3) is 0 Å². The van der Waals surface area contributed by atoms with Gasteiger partial charge in [0.15, 0.2) is 0 Å². The van der Waals surface area contributed by atoms with Crippen LogP contribution in [0.2, 0.25) is 0 Å². The predicted octanol–water partition coefficient (Wildman–Crippen LogP) is 1.16. The fourth-order valence-corrected chi connectivity index (χ4v) is 3.38. The smallest absolute Gasteiger partial charge is 0.0940 e. The highest BCUT2D eigenvalue weighted by molar-refractivity contribution is 4.93. The highest BCUT2D eigenvalue weighted by Gasteiger charge is 2.44. The highest BCUT2D eigenvalue weighted by Crippen LogP contribution is 2.39. The van der Waals surface area contributed by atoms with Gasteiger partial charge in [-0.05, 0) is 37.1 Å². The maximum atomic E-state index is 10.6. The van der Waals surface area contributed by atoms with Crippen molar-refractivity contribution in [2.24, 2.45) is 23.5 Å². The first-order valence-electron chi connectivity index (χ1n) is 7.18. The van der Waals surface area contributed by atoms with Crippen molar-refractivity contribution < 1.29 is 14.6 Å². The van der Waals surface area contributed by atoms with E-state index in [0.717, 1.165) is 32.5 Å². The Hall–Kier alpha value is -0.160. The molecule has 0 aromatic rings. The van der Waals surface area contributed by atoms with Gasteiger partial charge in [0, 0.05) is 19.6 Å². The van der Waals surface area contributed by atoms with Crippen molar-refractivity contribution in [1.82, 2.24) is 0 Å². The minimum absolute atomic E-state index is 0.125. The Kier molecular flexibility index (Phi) is 4.64. The Morgan fingerprint density at radius 2 is 2.17 bits per heavy atom. The van der Waals surface area contributed by atoms with E-state index in [-0.39, 0.29) is 17.6 Å². The van der Waals surface area contributed by atoms with Gasteiger partial charge in [0.1, 0.15) is 0 Å². The van der Waals surface area contributed by atoms with Crippen LogP contribution in [0.1, 0.15) is 33.1 Å². The van der Waals surface area contributed by atoms with E-state index in [9.17, 15) is 5.11 Å². The van der Waals surface area contributed by atoms with Gasteiger partial charge in [0.25, 0.3) is 0 Å². The third-order valence-corrected chi connectivity index (χ3v) is 4.65. The molecule has 0 aromatic carbocycles. The van der Waals surface area contributed by atoms with Crippen LogP contribution in [0.4, 0.5) is 0 Å². The summed E-state index contributed by atoms with van der Waals surface area (Å²) in [4.78, 5) is 0. The zero-order chi connectivity index (χ0) is 13.2. The number of nitrogens with two attached hydrogens (primary N) is 1. The molecule has 4 unspecified atom stereocenters. The topological polar surface area (TPSA) is 64.7 Å². The fraction of sp³-hybridized carbons (Fsp3) is 1.00. The van der Waals surface area contributed by atoms with Gasteiger partial charge in [0.2, 0.25) is 0 Å². The lowest BCUT2D eigenvalue weighted by Gasteiger charge is -2.41. The molecule has 4 atom stereocenters. The molecule has 0 amide bonds. The molecule has 4 heteroatoms. The lowest BCUT2D eigenvalue weighted by atomic mass is 9.75. The number of aliphatic hydroxyl groups is 1. The van der Waals surface area contributed by atoms with E-state index in [4.69, 9.17) is 15.2 Å². The van der Waals surface area contributed by atoms with Crippen molar-refractivity contribution in [3.8, 4) is 0 Å². The fourth-order valence-electron chi connectivity index (χ4n) is 3.38. The summed E-state index contributed by atoms with van der Waals surface area (Å²) in [5, 5.41) is 10.6. The first-order chi connectivity index (χ1) is 8.58. The van der Waals surface area contributed by atoms with Crippen molar-refractivity contribution in [3.05, 3.63) is 0 Å². The van der Waals surface area contributed by atoms with Crippen molar-refractivity contribution in [2.45, 2.75) is 44.8 Å². The molecule has 2 aliphatic heterocycles. The minimum Gasteiger partial charge on any atom is -0.392 e. The normalized spacial score (nSPS) is 36.2. The Bertz CT molecular complexity index is 264. The molecular weight excluding hydrogens is 230 g/mol. The molecule has 0 aromatic heterocycles. The summed E-state index contributed by atoms with van der Waals surface area (Å²) in [6, 6.07) is 0. The average Bonchev–Trinajstić information content (AvgIpc) is 2.77. The van der Waals surface area contributed by atoms with Crippen LogP contribution in [0, 0.1) is 17.8 Å². The standard InChI is InChI=1S/C14H27NO3/c1-10(2)12(8-15)13(16)11-3-5-18-14(7-11)4-6-17-9-14/h10-13,16H,3-9,15H2,1-2H3. The number of ether oxygens (including phenoxy) is 2.